The van der Waals surface area contributed by atoms with Crippen LogP contribution in [0.3, 0.4) is 0 Å². The number of benzene rings is 1. The van der Waals surface area contributed by atoms with Crippen LogP contribution < -0.4 is 5.32 Å². The van der Waals surface area contributed by atoms with Crippen molar-refractivity contribution in [3.05, 3.63) is 41.7 Å². The number of hydrogen-bond donors (Lipinski definition) is 1. The van der Waals surface area contributed by atoms with Crippen LogP contribution in [0.4, 0.5) is 0 Å². The molecule has 1 heterocycles. The van der Waals surface area contributed by atoms with Crippen LogP contribution >= 0.6 is 0 Å². The van der Waals surface area contributed by atoms with E-state index in [1.807, 2.05) is 18.2 Å². The molecule has 1 aromatic heterocycles. The molecular weight excluding hydrogens is 332 g/mol. The number of hydrogen-bond acceptors (Lipinski definition) is 6. The Labute approximate surface area is 140 Å². The first-order chi connectivity index (χ1) is 11.3. The van der Waals surface area contributed by atoms with Crippen molar-refractivity contribution < 1.29 is 13.2 Å². The molecule has 1 aromatic carbocycles. The van der Waals surface area contributed by atoms with Crippen LogP contribution in [0.2, 0.25) is 0 Å². The van der Waals surface area contributed by atoms with Crippen molar-refractivity contribution in [3.8, 4) is 0 Å². The number of carbonyl (C=O) groups excluding carboxylic acids is 1. The van der Waals surface area contributed by atoms with Crippen LogP contribution in [0.1, 0.15) is 17.4 Å². The minimum atomic E-state index is -3.37. The van der Waals surface area contributed by atoms with Gasteiger partial charge in [0.15, 0.2) is 6.04 Å². The largest absolute Gasteiger partial charge is 0.353 e. The van der Waals surface area contributed by atoms with E-state index in [0.29, 0.717) is 11.4 Å². The lowest BCUT2D eigenvalue weighted by molar-refractivity contribution is -0.123. The Morgan fingerprint density at radius 1 is 1.29 bits per heavy atom. The summed E-state index contributed by atoms with van der Waals surface area (Å²) in [6.45, 7) is 1.70. The molecule has 0 bridgehead atoms. The van der Waals surface area contributed by atoms with Gasteiger partial charge in [-0.2, -0.15) is 0 Å². The minimum Gasteiger partial charge on any atom is -0.353 e. The van der Waals surface area contributed by atoms with Gasteiger partial charge in [0.2, 0.25) is 15.9 Å². The van der Waals surface area contributed by atoms with Crippen molar-refractivity contribution in [2.75, 3.05) is 26.4 Å². The van der Waals surface area contributed by atoms with E-state index in [4.69, 9.17) is 0 Å². The molecule has 0 spiro atoms. The van der Waals surface area contributed by atoms with Crippen molar-refractivity contribution in [1.29, 1.82) is 0 Å². The molecular formula is C14H20N6O3S. The lowest BCUT2D eigenvalue weighted by atomic mass is 10.1. The van der Waals surface area contributed by atoms with Crippen LogP contribution in [0.15, 0.2) is 30.3 Å². The normalized spacial score (nSPS) is 13.0. The maximum atomic E-state index is 12.6. The van der Waals surface area contributed by atoms with Gasteiger partial charge in [0.25, 0.3) is 0 Å². The van der Waals surface area contributed by atoms with E-state index >= 15 is 0 Å². The third-order valence-corrected chi connectivity index (χ3v) is 5.31. The van der Waals surface area contributed by atoms with Crippen LogP contribution in [0.5, 0.6) is 0 Å². The van der Waals surface area contributed by atoms with Crippen molar-refractivity contribution in [2.24, 2.45) is 0 Å². The molecule has 0 saturated carbocycles. The standard InChI is InChI=1S/C14H20N6O3S/c1-11-16-17-18-20(11)13(12-7-5-4-6-8-12)14(21)15-9-10-24(22,23)19(2)3/h4-8,13H,9-10H2,1-3H3,(H,15,21). The second kappa shape index (κ2) is 7.49. The highest BCUT2D eigenvalue weighted by Crippen LogP contribution is 2.18. The van der Waals surface area contributed by atoms with Crippen molar-refractivity contribution >= 4 is 15.9 Å². The number of aromatic nitrogens is 4. The number of tetrazole rings is 1. The monoisotopic (exact) mass is 352 g/mol. The predicted molar refractivity (Wildman–Crippen MR) is 87.6 cm³/mol. The molecule has 1 unspecified atom stereocenters. The molecule has 10 heteroatoms. The van der Waals surface area contributed by atoms with E-state index < -0.39 is 16.1 Å². The van der Waals surface area contributed by atoms with Crippen LogP contribution in [-0.2, 0) is 14.8 Å². The Balaban J connectivity index is 2.17. The Kier molecular flexibility index (Phi) is 5.62. The molecule has 0 aliphatic carbocycles. The zero-order valence-electron chi connectivity index (χ0n) is 13.7. The summed E-state index contributed by atoms with van der Waals surface area (Å²) in [7, 11) is -0.469. The summed E-state index contributed by atoms with van der Waals surface area (Å²) in [5.41, 5.74) is 0.709. The van der Waals surface area contributed by atoms with Gasteiger partial charge in [-0.05, 0) is 22.9 Å². The molecule has 0 radical (unpaired) electrons. The van der Waals surface area contributed by atoms with Crippen LogP contribution in [0, 0.1) is 6.92 Å². The molecule has 2 aromatic rings. The highest BCUT2D eigenvalue weighted by atomic mass is 32.2. The van der Waals surface area contributed by atoms with E-state index in [9.17, 15) is 13.2 Å². The minimum absolute atomic E-state index is 0.00382. The summed E-state index contributed by atoms with van der Waals surface area (Å²) in [4.78, 5) is 12.6. The van der Waals surface area contributed by atoms with E-state index in [1.165, 1.54) is 18.8 Å². The van der Waals surface area contributed by atoms with E-state index in [0.717, 1.165) is 4.31 Å². The number of nitrogens with one attached hydrogen (secondary N) is 1. The second-order valence-corrected chi connectivity index (χ2v) is 7.68. The SMILES string of the molecule is Cc1nnnn1C(C(=O)NCCS(=O)(=O)N(C)C)c1ccccc1. The Morgan fingerprint density at radius 3 is 2.50 bits per heavy atom. The summed E-state index contributed by atoms with van der Waals surface area (Å²) in [6.07, 6.45) is 0. The number of nitrogens with zero attached hydrogens (tertiary/aromatic N) is 5. The summed E-state index contributed by atoms with van der Waals surface area (Å²) in [5.74, 6) is -0.0626. The van der Waals surface area contributed by atoms with Gasteiger partial charge in [-0.1, -0.05) is 30.3 Å². The lowest BCUT2D eigenvalue weighted by Gasteiger charge is -2.18. The van der Waals surface area contributed by atoms with Gasteiger partial charge >= 0.3 is 0 Å². The average Bonchev–Trinajstić information content (AvgIpc) is 2.94. The van der Waals surface area contributed by atoms with Gasteiger partial charge in [0.1, 0.15) is 5.82 Å². The summed E-state index contributed by atoms with van der Waals surface area (Å²) in [6, 6.07) is 8.29. The average molecular weight is 352 g/mol. The molecule has 0 aliphatic rings. The van der Waals surface area contributed by atoms with E-state index in [-0.39, 0.29) is 18.2 Å². The molecule has 130 valence electrons. The zero-order valence-corrected chi connectivity index (χ0v) is 14.6. The number of carbonyl (C=O) groups is 1. The van der Waals surface area contributed by atoms with Gasteiger partial charge in [-0.25, -0.2) is 17.4 Å². The van der Waals surface area contributed by atoms with E-state index in [1.54, 1.807) is 19.1 Å². The molecule has 0 aliphatic heterocycles. The third-order valence-electron chi connectivity index (χ3n) is 3.48. The number of sulfonamides is 1. The second-order valence-electron chi connectivity index (χ2n) is 5.37. The number of aryl methyl sites for hydroxylation is 1. The first-order valence-electron chi connectivity index (χ1n) is 7.30. The summed E-state index contributed by atoms with van der Waals surface area (Å²) >= 11 is 0. The molecule has 1 amide bonds. The molecule has 0 saturated heterocycles. The third kappa shape index (κ3) is 4.15. The Hall–Kier alpha value is -2.33. The molecule has 24 heavy (non-hydrogen) atoms. The van der Waals surface area contributed by atoms with Crippen LogP contribution in [-0.4, -0.2) is 65.2 Å². The van der Waals surface area contributed by atoms with Crippen LogP contribution in [0.25, 0.3) is 0 Å². The quantitative estimate of drug-likeness (QED) is 0.725. The topological polar surface area (TPSA) is 110 Å². The maximum absolute atomic E-state index is 12.6. The predicted octanol–water partition coefficient (Wildman–Crippen LogP) is -0.421. The first-order valence-corrected chi connectivity index (χ1v) is 8.91. The van der Waals surface area contributed by atoms with Gasteiger partial charge in [0, 0.05) is 20.6 Å². The zero-order chi connectivity index (χ0) is 17.7. The highest BCUT2D eigenvalue weighted by molar-refractivity contribution is 7.89. The first kappa shape index (κ1) is 18.0. The Bertz CT molecular complexity index is 788. The summed E-state index contributed by atoms with van der Waals surface area (Å²) in [5, 5.41) is 13.9. The number of rotatable bonds is 7. The molecule has 9 nitrogen and oxygen atoms in total. The van der Waals surface area contributed by atoms with Crippen molar-refractivity contribution in [3.63, 3.8) is 0 Å². The summed E-state index contributed by atoms with van der Waals surface area (Å²) < 4.78 is 26.1. The fourth-order valence-corrected chi connectivity index (χ4v) is 2.82. The number of amides is 1. The highest BCUT2D eigenvalue weighted by Gasteiger charge is 2.26. The van der Waals surface area contributed by atoms with Gasteiger partial charge in [-0.3, -0.25) is 4.79 Å². The lowest BCUT2D eigenvalue weighted by Crippen LogP contribution is -2.38. The van der Waals surface area contributed by atoms with Gasteiger partial charge < -0.3 is 5.32 Å². The smallest absolute Gasteiger partial charge is 0.249 e. The molecule has 1 atom stereocenters. The molecule has 1 N–H and O–H groups in total. The fourth-order valence-electron chi connectivity index (χ4n) is 2.10. The van der Waals surface area contributed by atoms with Crippen molar-refractivity contribution in [1.82, 2.24) is 29.8 Å². The molecule has 0 fully saturated rings. The fraction of sp³-hybridized carbons (Fsp3) is 0.429. The maximum Gasteiger partial charge on any atom is 0.249 e. The van der Waals surface area contributed by atoms with Gasteiger partial charge in [-0.15, -0.1) is 5.10 Å². The van der Waals surface area contributed by atoms with Gasteiger partial charge in [0.05, 0.1) is 5.75 Å². The van der Waals surface area contributed by atoms with Crippen molar-refractivity contribution in [2.45, 2.75) is 13.0 Å². The molecule has 2 rings (SSSR count). The van der Waals surface area contributed by atoms with E-state index in [2.05, 4.69) is 20.8 Å². The Morgan fingerprint density at radius 2 is 1.96 bits per heavy atom.